The molecule has 2 aliphatic rings. The molecule has 0 spiro atoms. The first-order valence-electron chi connectivity index (χ1n) is 5.88. The van der Waals surface area contributed by atoms with Crippen LogP contribution in [0.4, 0.5) is 0 Å². The van der Waals surface area contributed by atoms with E-state index in [-0.39, 0.29) is 24.1 Å². The molecule has 4 nitrogen and oxygen atoms in total. The predicted octanol–water partition coefficient (Wildman–Crippen LogP) is 1.87. The van der Waals surface area contributed by atoms with Crippen molar-refractivity contribution in [2.24, 2.45) is 5.92 Å². The average molecular weight is 228 g/mol. The van der Waals surface area contributed by atoms with Crippen LogP contribution in [-0.2, 0) is 19.0 Å². The van der Waals surface area contributed by atoms with Crippen LogP contribution in [0.1, 0.15) is 41.0 Å². The molecule has 2 heterocycles. The SMILES string of the molecule is CCC1OC(C)(C)OC2C(C)C(=O)OC12C. The third kappa shape index (κ3) is 1.55. The highest BCUT2D eigenvalue weighted by Crippen LogP contribution is 2.45. The summed E-state index contributed by atoms with van der Waals surface area (Å²) < 4.78 is 17.2. The lowest BCUT2D eigenvalue weighted by atomic mass is 9.85. The number of ether oxygens (including phenoxy) is 3. The number of rotatable bonds is 1. The fraction of sp³-hybridized carbons (Fsp3) is 0.917. The summed E-state index contributed by atoms with van der Waals surface area (Å²) in [7, 11) is 0. The standard InChI is InChI=1S/C12H20O4/c1-6-8-12(5)9(7(2)10(13)16-12)15-11(3,4)14-8/h7-9H,6H2,1-5H3. The van der Waals surface area contributed by atoms with E-state index < -0.39 is 11.4 Å². The van der Waals surface area contributed by atoms with Crippen molar-refractivity contribution >= 4 is 5.97 Å². The zero-order chi connectivity index (χ0) is 12.1. The summed E-state index contributed by atoms with van der Waals surface area (Å²) >= 11 is 0. The van der Waals surface area contributed by atoms with Gasteiger partial charge in [0.2, 0.25) is 0 Å². The van der Waals surface area contributed by atoms with E-state index in [0.717, 1.165) is 6.42 Å². The minimum Gasteiger partial charge on any atom is -0.453 e. The highest BCUT2D eigenvalue weighted by atomic mass is 16.7. The number of carbonyl (C=O) groups excluding carboxylic acids is 1. The van der Waals surface area contributed by atoms with Gasteiger partial charge in [-0.1, -0.05) is 6.92 Å². The maximum atomic E-state index is 11.7. The van der Waals surface area contributed by atoms with E-state index in [1.54, 1.807) is 0 Å². The van der Waals surface area contributed by atoms with Crippen molar-refractivity contribution in [1.29, 1.82) is 0 Å². The molecule has 0 radical (unpaired) electrons. The van der Waals surface area contributed by atoms with Gasteiger partial charge in [0.05, 0.1) is 5.92 Å². The van der Waals surface area contributed by atoms with E-state index in [1.807, 2.05) is 34.6 Å². The van der Waals surface area contributed by atoms with Gasteiger partial charge in [-0.2, -0.15) is 0 Å². The average Bonchev–Trinajstić information content (AvgIpc) is 2.39. The monoisotopic (exact) mass is 228 g/mol. The van der Waals surface area contributed by atoms with Gasteiger partial charge in [0, 0.05) is 0 Å². The summed E-state index contributed by atoms with van der Waals surface area (Å²) in [6.07, 6.45) is 0.489. The van der Waals surface area contributed by atoms with Crippen molar-refractivity contribution in [2.75, 3.05) is 0 Å². The lowest BCUT2D eigenvalue weighted by Crippen LogP contribution is -2.60. The van der Waals surface area contributed by atoms with Crippen molar-refractivity contribution in [3.05, 3.63) is 0 Å². The zero-order valence-electron chi connectivity index (χ0n) is 10.6. The molecule has 4 heteroatoms. The molecule has 0 aromatic heterocycles. The normalized spacial score (nSPS) is 46.3. The predicted molar refractivity (Wildman–Crippen MR) is 57.8 cm³/mol. The van der Waals surface area contributed by atoms with Crippen LogP contribution < -0.4 is 0 Å². The van der Waals surface area contributed by atoms with Gasteiger partial charge in [0.25, 0.3) is 0 Å². The van der Waals surface area contributed by atoms with Crippen LogP contribution >= 0.6 is 0 Å². The molecule has 0 aromatic rings. The Kier molecular flexibility index (Phi) is 2.55. The van der Waals surface area contributed by atoms with E-state index in [4.69, 9.17) is 14.2 Å². The van der Waals surface area contributed by atoms with Crippen molar-refractivity contribution in [3.63, 3.8) is 0 Å². The van der Waals surface area contributed by atoms with Crippen LogP contribution in [0.5, 0.6) is 0 Å². The molecule has 2 aliphatic heterocycles. The highest BCUT2D eigenvalue weighted by Gasteiger charge is 2.61. The minimum absolute atomic E-state index is 0.102. The smallest absolute Gasteiger partial charge is 0.312 e. The lowest BCUT2D eigenvalue weighted by Gasteiger charge is -2.48. The van der Waals surface area contributed by atoms with Crippen LogP contribution in [0.2, 0.25) is 0 Å². The van der Waals surface area contributed by atoms with Crippen LogP contribution in [0.3, 0.4) is 0 Å². The first kappa shape index (κ1) is 11.9. The molecule has 0 N–H and O–H groups in total. The number of hydrogen-bond acceptors (Lipinski definition) is 4. The fourth-order valence-corrected chi connectivity index (χ4v) is 2.74. The topological polar surface area (TPSA) is 44.8 Å². The molecule has 4 unspecified atom stereocenters. The Morgan fingerprint density at radius 1 is 1.25 bits per heavy atom. The molecule has 0 bridgehead atoms. The summed E-state index contributed by atoms with van der Waals surface area (Å²) in [5, 5.41) is 0. The van der Waals surface area contributed by atoms with Crippen LogP contribution in [0.15, 0.2) is 0 Å². The summed E-state index contributed by atoms with van der Waals surface area (Å²) in [6, 6.07) is 0. The second-order valence-electron chi connectivity index (χ2n) is 5.35. The van der Waals surface area contributed by atoms with E-state index in [1.165, 1.54) is 0 Å². The molecule has 4 atom stereocenters. The summed E-state index contributed by atoms with van der Waals surface area (Å²) in [4.78, 5) is 11.7. The minimum atomic E-state index is -0.646. The Hall–Kier alpha value is -0.610. The van der Waals surface area contributed by atoms with E-state index in [0.29, 0.717) is 0 Å². The molecule has 2 fully saturated rings. The maximum absolute atomic E-state index is 11.7. The lowest BCUT2D eigenvalue weighted by molar-refractivity contribution is -0.349. The molecule has 0 aromatic carbocycles. The number of carbonyl (C=O) groups is 1. The highest BCUT2D eigenvalue weighted by molar-refractivity contribution is 5.76. The number of hydrogen-bond donors (Lipinski definition) is 0. The molecule has 2 saturated heterocycles. The van der Waals surface area contributed by atoms with E-state index in [2.05, 4.69) is 0 Å². The molecular formula is C12H20O4. The summed E-state index contributed by atoms with van der Waals surface area (Å²) in [5.41, 5.74) is -0.638. The quantitative estimate of drug-likeness (QED) is 0.643. The molecule has 0 saturated carbocycles. The van der Waals surface area contributed by atoms with Gasteiger partial charge in [0.15, 0.2) is 11.4 Å². The number of esters is 1. The van der Waals surface area contributed by atoms with Gasteiger partial charge in [-0.3, -0.25) is 4.79 Å². The fourth-order valence-electron chi connectivity index (χ4n) is 2.74. The molecule has 2 rings (SSSR count). The van der Waals surface area contributed by atoms with Gasteiger partial charge < -0.3 is 14.2 Å². The number of fused-ring (bicyclic) bond motifs is 1. The third-order valence-corrected chi connectivity index (χ3v) is 3.56. The van der Waals surface area contributed by atoms with Gasteiger partial charge in [-0.05, 0) is 34.1 Å². The summed E-state index contributed by atoms with van der Waals surface area (Å²) in [6.45, 7) is 9.55. The van der Waals surface area contributed by atoms with Crippen molar-refractivity contribution in [1.82, 2.24) is 0 Å². The first-order chi connectivity index (χ1) is 7.30. The largest absolute Gasteiger partial charge is 0.453 e. The summed E-state index contributed by atoms with van der Waals surface area (Å²) in [5.74, 6) is -1.05. The Balaban J connectivity index is 2.34. The van der Waals surface area contributed by atoms with Gasteiger partial charge in [0.1, 0.15) is 12.2 Å². The Bertz CT molecular complexity index is 312. The molecule has 92 valence electrons. The second kappa shape index (κ2) is 3.44. The van der Waals surface area contributed by atoms with Crippen LogP contribution in [-0.4, -0.2) is 29.6 Å². The molecule has 0 amide bonds. The first-order valence-corrected chi connectivity index (χ1v) is 5.88. The van der Waals surface area contributed by atoms with E-state index in [9.17, 15) is 4.79 Å². The molecule has 16 heavy (non-hydrogen) atoms. The van der Waals surface area contributed by atoms with Gasteiger partial charge in [-0.25, -0.2) is 0 Å². The Labute approximate surface area is 96.2 Å². The Morgan fingerprint density at radius 3 is 2.44 bits per heavy atom. The van der Waals surface area contributed by atoms with Crippen molar-refractivity contribution in [3.8, 4) is 0 Å². The van der Waals surface area contributed by atoms with Crippen LogP contribution in [0, 0.1) is 5.92 Å². The van der Waals surface area contributed by atoms with E-state index >= 15 is 0 Å². The van der Waals surface area contributed by atoms with Gasteiger partial charge in [-0.15, -0.1) is 0 Å². The Morgan fingerprint density at radius 2 is 1.88 bits per heavy atom. The van der Waals surface area contributed by atoms with Crippen LogP contribution in [0.25, 0.3) is 0 Å². The molecule has 0 aliphatic carbocycles. The third-order valence-electron chi connectivity index (χ3n) is 3.56. The second-order valence-corrected chi connectivity index (χ2v) is 5.35. The van der Waals surface area contributed by atoms with Gasteiger partial charge >= 0.3 is 5.97 Å². The molecular weight excluding hydrogens is 208 g/mol. The van der Waals surface area contributed by atoms with Crippen molar-refractivity contribution in [2.45, 2.75) is 64.6 Å². The van der Waals surface area contributed by atoms with Crippen molar-refractivity contribution < 1.29 is 19.0 Å². The maximum Gasteiger partial charge on any atom is 0.312 e. The zero-order valence-corrected chi connectivity index (χ0v) is 10.6.